The summed E-state index contributed by atoms with van der Waals surface area (Å²) >= 11 is 0. The molecule has 27 heavy (non-hydrogen) atoms. The molecule has 0 bridgehead atoms. The number of methoxy groups -OCH3 is 1. The summed E-state index contributed by atoms with van der Waals surface area (Å²) in [5.74, 6) is 1.39. The van der Waals surface area contributed by atoms with E-state index in [2.05, 4.69) is 26.2 Å². The number of nitrogens with zero attached hydrogens (tertiary/aromatic N) is 4. The number of carbonyl (C=O) groups excluding carboxylic acids is 1. The standard InChI is InChI=1S/C20H23N5O2/c1-15(20(26)23-17-5-3-4-6-18(17)27-2)24-9-11-25(12-10-24)19-13-16(14-21)7-8-22-19/h3-8,13,15H,9-12H2,1-2H3,(H,23,26). The number of nitriles is 1. The molecule has 1 unspecified atom stereocenters. The van der Waals surface area contributed by atoms with Crippen LogP contribution in [0.25, 0.3) is 0 Å². The minimum atomic E-state index is -0.254. The van der Waals surface area contributed by atoms with Crippen molar-refractivity contribution in [2.24, 2.45) is 0 Å². The van der Waals surface area contributed by atoms with Crippen LogP contribution in [0.5, 0.6) is 5.75 Å². The Morgan fingerprint density at radius 2 is 2.00 bits per heavy atom. The summed E-state index contributed by atoms with van der Waals surface area (Å²) in [4.78, 5) is 21.3. The van der Waals surface area contributed by atoms with E-state index < -0.39 is 0 Å². The van der Waals surface area contributed by atoms with Crippen LogP contribution in [-0.4, -0.2) is 55.1 Å². The van der Waals surface area contributed by atoms with Crippen LogP contribution < -0.4 is 15.0 Å². The number of ether oxygens (including phenoxy) is 1. The number of hydrogen-bond donors (Lipinski definition) is 1. The van der Waals surface area contributed by atoms with Crippen LogP contribution in [0.15, 0.2) is 42.6 Å². The van der Waals surface area contributed by atoms with Crippen LogP contribution in [-0.2, 0) is 4.79 Å². The first-order valence-corrected chi connectivity index (χ1v) is 8.91. The molecule has 1 fully saturated rings. The van der Waals surface area contributed by atoms with Crippen LogP contribution in [0, 0.1) is 11.3 Å². The SMILES string of the molecule is COc1ccccc1NC(=O)C(C)N1CCN(c2cc(C#N)ccn2)CC1. The van der Waals surface area contributed by atoms with E-state index in [9.17, 15) is 4.79 Å². The van der Waals surface area contributed by atoms with Gasteiger partial charge in [0.05, 0.1) is 30.5 Å². The van der Waals surface area contributed by atoms with Crippen molar-refractivity contribution in [3.63, 3.8) is 0 Å². The second-order valence-electron chi connectivity index (χ2n) is 6.40. The molecule has 0 saturated carbocycles. The van der Waals surface area contributed by atoms with Crippen LogP contribution in [0.1, 0.15) is 12.5 Å². The maximum absolute atomic E-state index is 12.6. The Kier molecular flexibility index (Phi) is 5.89. The maximum Gasteiger partial charge on any atom is 0.241 e. The molecule has 3 rings (SSSR count). The molecule has 1 atom stereocenters. The van der Waals surface area contributed by atoms with Gasteiger partial charge in [-0.05, 0) is 31.2 Å². The van der Waals surface area contributed by atoms with Crippen molar-refractivity contribution in [2.45, 2.75) is 13.0 Å². The van der Waals surface area contributed by atoms with Gasteiger partial charge in [-0.15, -0.1) is 0 Å². The molecule has 1 aromatic carbocycles. The maximum atomic E-state index is 12.6. The molecule has 0 spiro atoms. The van der Waals surface area contributed by atoms with E-state index >= 15 is 0 Å². The zero-order chi connectivity index (χ0) is 19.2. The molecule has 0 aliphatic carbocycles. The van der Waals surface area contributed by atoms with Gasteiger partial charge in [-0.25, -0.2) is 4.98 Å². The number of amides is 1. The molecule has 2 aromatic rings. The third-order valence-electron chi connectivity index (χ3n) is 4.80. The Hall–Kier alpha value is -3.11. The predicted molar refractivity (Wildman–Crippen MR) is 104 cm³/mol. The Bertz CT molecular complexity index is 840. The lowest BCUT2D eigenvalue weighted by Gasteiger charge is -2.38. The Morgan fingerprint density at radius 1 is 1.26 bits per heavy atom. The highest BCUT2D eigenvalue weighted by atomic mass is 16.5. The highest BCUT2D eigenvalue weighted by molar-refractivity contribution is 5.95. The molecule has 1 aliphatic rings. The highest BCUT2D eigenvalue weighted by Crippen LogP contribution is 2.24. The van der Waals surface area contributed by atoms with Crippen molar-refractivity contribution >= 4 is 17.4 Å². The van der Waals surface area contributed by atoms with E-state index in [1.807, 2.05) is 31.2 Å². The third kappa shape index (κ3) is 4.36. The van der Waals surface area contributed by atoms with Crippen molar-refractivity contribution in [1.82, 2.24) is 9.88 Å². The normalized spacial score (nSPS) is 15.7. The summed E-state index contributed by atoms with van der Waals surface area (Å²) in [6.07, 6.45) is 1.66. The number of anilines is 2. The number of benzene rings is 1. The van der Waals surface area contributed by atoms with Crippen molar-refractivity contribution in [2.75, 3.05) is 43.5 Å². The molecule has 0 radical (unpaired) electrons. The Morgan fingerprint density at radius 3 is 2.70 bits per heavy atom. The molecule has 1 aromatic heterocycles. The summed E-state index contributed by atoms with van der Waals surface area (Å²) in [5.41, 5.74) is 1.28. The fraction of sp³-hybridized carbons (Fsp3) is 0.350. The van der Waals surface area contributed by atoms with Crippen LogP contribution in [0.4, 0.5) is 11.5 Å². The molecular weight excluding hydrogens is 342 g/mol. The first-order valence-electron chi connectivity index (χ1n) is 8.91. The Balaban J connectivity index is 1.58. The molecule has 140 valence electrons. The Labute approximate surface area is 159 Å². The quantitative estimate of drug-likeness (QED) is 0.874. The third-order valence-corrected chi connectivity index (χ3v) is 4.80. The van der Waals surface area contributed by atoms with Gasteiger partial charge >= 0.3 is 0 Å². The molecule has 1 aliphatic heterocycles. The first-order chi connectivity index (χ1) is 13.1. The van der Waals surface area contributed by atoms with Gasteiger partial charge in [0, 0.05) is 32.4 Å². The van der Waals surface area contributed by atoms with Gasteiger partial charge in [-0.3, -0.25) is 9.69 Å². The van der Waals surface area contributed by atoms with Crippen molar-refractivity contribution in [3.05, 3.63) is 48.2 Å². The van der Waals surface area contributed by atoms with E-state index in [0.717, 1.165) is 32.0 Å². The number of hydrogen-bond acceptors (Lipinski definition) is 6. The lowest BCUT2D eigenvalue weighted by atomic mass is 10.2. The average Bonchev–Trinajstić information content (AvgIpc) is 2.73. The van der Waals surface area contributed by atoms with Gasteiger partial charge in [-0.2, -0.15) is 5.26 Å². The summed E-state index contributed by atoms with van der Waals surface area (Å²) in [6.45, 7) is 4.93. The minimum Gasteiger partial charge on any atom is -0.495 e. The number of piperazine rings is 1. The summed E-state index contributed by atoms with van der Waals surface area (Å²) < 4.78 is 5.29. The van der Waals surface area contributed by atoms with E-state index in [1.165, 1.54) is 0 Å². The molecule has 7 nitrogen and oxygen atoms in total. The van der Waals surface area contributed by atoms with Crippen LogP contribution in [0.3, 0.4) is 0 Å². The van der Waals surface area contributed by atoms with Crippen molar-refractivity contribution in [3.8, 4) is 11.8 Å². The average molecular weight is 365 g/mol. The molecule has 1 saturated heterocycles. The van der Waals surface area contributed by atoms with Gasteiger partial charge in [0.15, 0.2) is 0 Å². The van der Waals surface area contributed by atoms with Gasteiger partial charge in [0.25, 0.3) is 0 Å². The van der Waals surface area contributed by atoms with Gasteiger partial charge in [-0.1, -0.05) is 12.1 Å². The van der Waals surface area contributed by atoms with Crippen molar-refractivity contribution < 1.29 is 9.53 Å². The topological polar surface area (TPSA) is 81.5 Å². The fourth-order valence-electron chi connectivity index (χ4n) is 3.15. The van der Waals surface area contributed by atoms with E-state index in [-0.39, 0.29) is 11.9 Å². The summed E-state index contributed by atoms with van der Waals surface area (Å²) in [6, 6.07) is 12.8. The number of carbonyl (C=O) groups is 1. The zero-order valence-corrected chi connectivity index (χ0v) is 15.6. The number of aromatic nitrogens is 1. The lowest BCUT2D eigenvalue weighted by molar-refractivity contribution is -0.120. The molecule has 1 N–H and O–H groups in total. The molecule has 2 heterocycles. The minimum absolute atomic E-state index is 0.0578. The van der Waals surface area contributed by atoms with Crippen LogP contribution >= 0.6 is 0 Å². The molecule has 1 amide bonds. The van der Waals surface area contributed by atoms with Gasteiger partial charge in [0.2, 0.25) is 5.91 Å². The van der Waals surface area contributed by atoms with E-state index in [0.29, 0.717) is 17.0 Å². The largest absolute Gasteiger partial charge is 0.495 e. The molecular formula is C20H23N5O2. The second-order valence-corrected chi connectivity index (χ2v) is 6.40. The smallest absolute Gasteiger partial charge is 0.241 e. The first kappa shape index (κ1) is 18.7. The monoisotopic (exact) mass is 365 g/mol. The van der Waals surface area contributed by atoms with Gasteiger partial charge in [0.1, 0.15) is 11.6 Å². The van der Waals surface area contributed by atoms with Crippen LogP contribution in [0.2, 0.25) is 0 Å². The number of rotatable bonds is 5. The summed E-state index contributed by atoms with van der Waals surface area (Å²) in [5, 5.41) is 12.0. The lowest BCUT2D eigenvalue weighted by Crippen LogP contribution is -2.53. The van der Waals surface area contributed by atoms with Gasteiger partial charge < -0.3 is 15.0 Å². The summed E-state index contributed by atoms with van der Waals surface area (Å²) in [7, 11) is 1.59. The number of nitrogens with one attached hydrogen (secondary N) is 1. The predicted octanol–water partition coefficient (Wildman–Crippen LogP) is 2.11. The van der Waals surface area contributed by atoms with E-state index in [4.69, 9.17) is 10.00 Å². The second kappa shape index (κ2) is 8.52. The zero-order valence-electron chi connectivity index (χ0n) is 15.6. The number of pyridine rings is 1. The fourth-order valence-corrected chi connectivity index (χ4v) is 3.15. The van der Waals surface area contributed by atoms with Crippen molar-refractivity contribution in [1.29, 1.82) is 5.26 Å². The molecule has 7 heteroatoms. The number of para-hydroxylation sites is 2. The van der Waals surface area contributed by atoms with E-state index in [1.54, 1.807) is 25.4 Å². The highest BCUT2D eigenvalue weighted by Gasteiger charge is 2.26.